The number of nitrogens with two attached hydrogens (primary N) is 2. The lowest BCUT2D eigenvalue weighted by atomic mass is 9.84. The zero-order valence-electron chi connectivity index (χ0n) is 20.7. The standard InChI is InChI=1S/C24H28F2N8O5/c25-22(26)7-6-11-2-1-3-12(13(11)8-22)19(37)30-15-10-34-21(28)29-14(9-33-16(35)4-5-17(33)36)18-23(34,24(15,38)39)32-20(27)31-18/h1-3,14-15,18,38-39H,4-10H2,(H2,28,29)(H,30,37)(H3,27,31,32)/t14-,15?,18?,23?/m0/s1. The molecular formula is C24H28F2N8O5. The van der Waals surface area contributed by atoms with Crippen LogP contribution in [0.4, 0.5) is 8.78 Å². The average molecular weight is 547 g/mol. The molecule has 2 saturated heterocycles. The molecule has 13 nitrogen and oxygen atoms in total. The number of aryl methyl sites for hydroxylation is 1. The molecule has 3 amide bonds. The zero-order chi connectivity index (χ0) is 27.9. The van der Waals surface area contributed by atoms with Gasteiger partial charge in [-0.1, -0.05) is 12.1 Å². The van der Waals surface area contributed by atoms with E-state index in [0.29, 0.717) is 5.56 Å². The molecule has 2 fully saturated rings. The summed E-state index contributed by atoms with van der Waals surface area (Å²) in [5.74, 6) is -7.55. The maximum Gasteiger partial charge on any atom is 0.252 e. The topological polar surface area (TPSA) is 199 Å². The van der Waals surface area contributed by atoms with Crippen LogP contribution in [0.2, 0.25) is 0 Å². The molecule has 4 atom stereocenters. The minimum absolute atomic E-state index is 0.0160. The lowest BCUT2D eigenvalue weighted by Gasteiger charge is -2.49. The SMILES string of the molecule is NC1=NC2[C@H](CN3C(=O)CCC3=O)N=C(N)N3CC(NC(=O)c4cccc5c4CC(F)(F)CC5)C(O)(O)C23N1. The van der Waals surface area contributed by atoms with Crippen molar-refractivity contribution < 1.29 is 33.4 Å². The van der Waals surface area contributed by atoms with Gasteiger partial charge >= 0.3 is 0 Å². The van der Waals surface area contributed by atoms with Crippen molar-refractivity contribution in [2.45, 2.75) is 67.6 Å². The number of nitrogens with zero attached hydrogens (tertiary/aromatic N) is 4. The van der Waals surface area contributed by atoms with Crippen LogP contribution < -0.4 is 22.1 Å². The minimum Gasteiger partial charge on any atom is -0.370 e. The monoisotopic (exact) mass is 546 g/mol. The largest absolute Gasteiger partial charge is 0.370 e. The Morgan fingerprint density at radius 3 is 2.59 bits per heavy atom. The molecule has 15 heteroatoms. The summed E-state index contributed by atoms with van der Waals surface area (Å²) in [6.07, 6.45) is -0.678. The van der Waals surface area contributed by atoms with Gasteiger partial charge < -0.3 is 37.2 Å². The number of aliphatic hydroxyl groups is 2. The van der Waals surface area contributed by atoms with E-state index < -0.39 is 47.8 Å². The Hall–Kier alpha value is -3.85. The summed E-state index contributed by atoms with van der Waals surface area (Å²) in [5.41, 5.74) is 11.2. The fourth-order valence-electron chi connectivity index (χ4n) is 6.44. The number of carbonyl (C=O) groups excluding carboxylic acids is 3. The molecule has 0 bridgehead atoms. The van der Waals surface area contributed by atoms with Gasteiger partial charge in [-0.2, -0.15) is 0 Å². The second-order valence-corrected chi connectivity index (χ2v) is 10.6. The first kappa shape index (κ1) is 25.4. The van der Waals surface area contributed by atoms with Crippen molar-refractivity contribution in [2.75, 3.05) is 13.1 Å². The maximum atomic E-state index is 14.2. The van der Waals surface area contributed by atoms with Gasteiger partial charge in [0.2, 0.25) is 17.6 Å². The Balaban J connectivity index is 1.31. The van der Waals surface area contributed by atoms with E-state index in [1.165, 1.54) is 11.0 Å². The first-order valence-corrected chi connectivity index (χ1v) is 12.6. The van der Waals surface area contributed by atoms with Crippen molar-refractivity contribution in [1.82, 2.24) is 20.4 Å². The molecular weight excluding hydrogens is 518 g/mol. The molecule has 39 heavy (non-hydrogen) atoms. The third-order valence-corrected chi connectivity index (χ3v) is 8.34. The van der Waals surface area contributed by atoms with E-state index in [0.717, 1.165) is 4.90 Å². The van der Waals surface area contributed by atoms with E-state index in [9.17, 15) is 33.4 Å². The first-order chi connectivity index (χ1) is 18.3. The van der Waals surface area contributed by atoms with Gasteiger partial charge in [0.05, 0.1) is 12.6 Å². The molecule has 3 unspecified atom stereocenters. The van der Waals surface area contributed by atoms with Crippen LogP contribution in [0.1, 0.15) is 40.7 Å². The number of halogens is 2. The second kappa shape index (κ2) is 8.32. The van der Waals surface area contributed by atoms with Gasteiger partial charge in [0.15, 0.2) is 17.6 Å². The number of fused-ring (bicyclic) bond motifs is 1. The maximum absolute atomic E-state index is 14.2. The number of benzene rings is 1. The first-order valence-electron chi connectivity index (χ1n) is 12.6. The van der Waals surface area contributed by atoms with Crippen molar-refractivity contribution in [3.8, 4) is 0 Å². The number of amides is 3. The molecule has 1 aliphatic carbocycles. The number of likely N-dealkylation sites (tertiary alicyclic amines) is 1. The molecule has 0 saturated carbocycles. The fourth-order valence-corrected chi connectivity index (χ4v) is 6.44. The smallest absolute Gasteiger partial charge is 0.252 e. The van der Waals surface area contributed by atoms with Gasteiger partial charge in [-0.25, -0.2) is 18.8 Å². The Morgan fingerprint density at radius 1 is 1.15 bits per heavy atom. The highest BCUT2D eigenvalue weighted by Crippen LogP contribution is 2.45. The zero-order valence-corrected chi connectivity index (χ0v) is 20.7. The van der Waals surface area contributed by atoms with Crippen molar-refractivity contribution >= 4 is 29.6 Å². The number of rotatable bonds is 4. The fraction of sp³-hybridized carbons (Fsp3) is 0.542. The van der Waals surface area contributed by atoms with Crippen LogP contribution in [0.15, 0.2) is 28.2 Å². The Kier molecular flexibility index (Phi) is 5.43. The predicted molar refractivity (Wildman–Crippen MR) is 131 cm³/mol. The van der Waals surface area contributed by atoms with E-state index in [1.807, 2.05) is 0 Å². The number of nitrogens with one attached hydrogen (secondary N) is 2. The van der Waals surface area contributed by atoms with Crippen molar-refractivity contribution in [3.63, 3.8) is 0 Å². The Bertz CT molecular complexity index is 1330. The van der Waals surface area contributed by atoms with E-state index >= 15 is 0 Å². The third kappa shape index (κ3) is 3.66. The highest BCUT2D eigenvalue weighted by molar-refractivity contribution is 6.02. The summed E-state index contributed by atoms with van der Waals surface area (Å²) >= 11 is 0. The van der Waals surface area contributed by atoms with Gasteiger partial charge in [0, 0.05) is 37.8 Å². The lowest BCUT2D eigenvalue weighted by molar-refractivity contribution is -0.230. The van der Waals surface area contributed by atoms with Crippen LogP contribution in [-0.2, 0) is 22.4 Å². The molecule has 6 rings (SSSR count). The summed E-state index contributed by atoms with van der Waals surface area (Å²) in [5, 5.41) is 28.5. The number of aliphatic imine (C=N–C) groups is 2. The molecule has 4 heterocycles. The van der Waals surface area contributed by atoms with E-state index in [2.05, 4.69) is 20.6 Å². The third-order valence-electron chi connectivity index (χ3n) is 8.34. The Labute approximate surface area is 220 Å². The van der Waals surface area contributed by atoms with Gasteiger partial charge in [-0.15, -0.1) is 0 Å². The quantitative estimate of drug-likeness (QED) is 0.178. The molecule has 5 aliphatic rings. The van der Waals surface area contributed by atoms with Crippen LogP contribution in [-0.4, -0.2) is 98.2 Å². The molecule has 1 spiro atoms. The van der Waals surface area contributed by atoms with Crippen LogP contribution in [0.3, 0.4) is 0 Å². The van der Waals surface area contributed by atoms with E-state index in [4.69, 9.17) is 11.5 Å². The van der Waals surface area contributed by atoms with Gasteiger partial charge in [0.1, 0.15) is 12.1 Å². The van der Waals surface area contributed by atoms with Crippen LogP contribution in [0.25, 0.3) is 0 Å². The van der Waals surface area contributed by atoms with Crippen LogP contribution in [0.5, 0.6) is 0 Å². The number of guanidine groups is 2. The Morgan fingerprint density at radius 2 is 1.87 bits per heavy atom. The highest BCUT2D eigenvalue weighted by atomic mass is 19.3. The molecule has 1 aromatic carbocycles. The predicted octanol–water partition coefficient (Wildman–Crippen LogP) is -2.27. The minimum atomic E-state index is -2.96. The van der Waals surface area contributed by atoms with Gasteiger partial charge in [0.25, 0.3) is 11.8 Å². The molecule has 0 aromatic heterocycles. The molecule has 208 valence electrons. The van der Waals surface area contributed by atoms with Gasteiger partial charge in [-0.05, 0) is 23.6 Å². The summed E-state index contributed by atoms with van der Waals surface area (Å²) in [4.78, 5) is 48.9. The number of hydrogen-bond acceptors (Lipinski definition) is 11. The summed E-state index contributed by atoms with van der Waals surface area (Å²) in [7, 11) is 0. The van der Waals surface area contributed by atoms with Crippen molar-refractivity contribution in [1.29, 1.82) is 0 Å². The number of hydrogen-bond donors (Lipinski definition) is 6. The normalized spacial score (nSPS) is 32.2. The second-order valence-electron chi connectivity index (χ2n) is 10.6. The summed E-state index contributed by atoms with van der Waals surface area (Å²) in [6.45, 7) is -0.436. The number of alkyl halides is 2. The average Bonchev–Trinajstić information content (AvgIpc) is 3.46. The van der Waals surface area contributed by atoms with Crippen molar-refractivity contribution in [3.05, 3.63) is 34.9 Å². The molecule has 0 radical (unpaired) electrons. The van der Waals surface area contributed by atoms with Crippen molar-refractivity contribution in [2.24, 2.45) is 21.5 Å². The molecule has 1 aromatic rings. The van der Waals surface area contributed by atoms with E-state index in [1.54, 1.807) is 12.1 Å². The van der Waals surface area contributed by atoms with Crippen LogP contribution >= 0.6 is 0 Å². The van der Waals surface area contributed by atoms with Gasteiger partial charge in [-0.3, -0.25) is 19.3 Å². The molecule has 8 N–H and O–H groups in total. The molecule has 4 aliphatic heterocycles. The lowest BCUT2D eigenvalue weighted by Crippen LogP contribution is -2.78. The summed E-state index contributed by atoms with van der Waals surface area (Å²) in [6, 6.07) is 1.25. The number of carbonyl (C=O) groups is 3. The number of imide groups is 1. The van der Waals surface area contributed by atoms with E-state index in [-0.39, 0.29) is 73.6 Å². The van der Waals surface area contributed by atoms with Crippen LogP contribution in [0, 0.1) is 0 Å². The summed E-state index contributed by atoms with van der Waals surface area (Å²) < 4.78 is 28.4. The highest BCUT2D eigenvalue weighted by Gasteiger charge is 2.73.